The summed E-state index contributed by atoms with van der Waals surface area (Å²) in [5.74, 6) is 1.49. The molecule has 0 aromatic heterocycles. The van der Waals surface area contributed by atoms with Gasteiger partial charge in [-0.1, -0.05) is 37.8 Å². The predicted octanol–water partition coefficient (Wildman–Crippen LogP) is 2.47. The lowest BCUT2D eigenvalue weighted by Crippen LogP contribution is -2.20. The third kappa shape index (κ3) is 4.00. The first-order chi connectivity index (χ1) is 8.78. The Morgan fingerprint density at radius 2 is 2.11 bits per heavy atom. The molecule has 1 unspecified atom stereocenters. The van der Waals surface area contributed by atoms with Gasteiger partial charge in [0.05, 0.1) is 6.10 Å². The van der Waals surface area contributed by atoms with Gasteiger partial charge in [0.2, 0.25) is 0 Å². The Balaban J connectivity index is 1.75. The molecule has 1 aliphatic carbocycles. The van der Waals surface area contributed by atoms with Crippen LogP contribution in [0.15, 0.2) is 24.3 Å². The van der Waals surface area contributed by atoms with Crippen molar-refractivity contribution in [1.29, 1.82) is 0 Å². The summed E-state index contributed by atoms with van der Waals surface area (Å²) in [4.78, 5) is 0. The van der Waals surface area contributed by atoms with Crippen molar-refractivity contribution in [3.8, 4) is 5.75 Å². The van der Waals surface area contributed by atoms with Crippen LogP contribution in [0.5, 0.6) is 5.75 Å². The van der Waals surface area contributed by atoms with Crippen molar-refractivity contribution in [3.63, 3.8) is 0 Å². The van der Waals surface area contributed by atoms with Gasteiger partial charge in [-0.25, -0.2) is 0 Å². The Labute approximate surface area is 109 Å². The van der Waals surface area contributed by atoms with Crippen LogP contribution in [-0.2, 0) is 6.54 Å². The molecule has 3 N–H and O–H groups in total. The van der Waals surface area contributed by atoms with E-state index in [-0.39, 0.29) is 6.10 Å². The molecular formula is C15H23NO2. The molecule has 3 nitrogen and oxygen atoms in total. The van der Waals surface area contributed by atoms with Crippen molar-refractivity contribution < 1.29 is 9.84 Å². The Morgan fingerprint density at radius 3 is 2.83 bits per heavy atom. The summed E-state index contributed by atoms with van der Waals surface area (Å²) >= 11 is 0. The molecule has 1 aromatic rings. The average Bonchev–Trinajstić information content (AvgIpc) is 2.89. The largest absolute Gasteiger partial charge is 0.491 e. The maximum Gasteiger partial charge on any atom is 0.119 e. The van der Waals surface area contributed by atoms with Gasteiger partial charge < -0.3 is 15.6 Å². The monoisotopic (exact) mass is 249 g/mol. The fraction of sp³-hybridized carbons (Fsp3) is 0.600. The number of hydrogen-bond donors (Lipinski definition) is 2. The standard InChI is InChI=1S/C15H23NO2/c16-10-13-6-3-7-15(9-13)18-11-14(17)8-12-4-1-2-5-12/h3,6-7,9,12,14,17H,1-2,4-5,8,10-11,16H2. The van der Waals surface area contributed by atoms with Gasteiger partial charge in [-0.15, -0.1) is 0 Å². The first kappa shape index (κ1) is 13.4. The van der Waals surface area contributed by atoms with E-state index in [1.165, 1.54) is 25.7 Å². The number of ether oxygens (including phenoxy) is 1. The lowest BCUT2D eigenvalue weighted by molar-refractivity contribution is 0.0855. The summed E-state index contributed by atoms with van der Waals surface area (Å²) in [5, 5.41) is 9.95. The van der Waals surface area contributed by atoms with Crippen molar-refractivity contribution in [2.24, 2.45) is 11.7 Å². The summed E-state index contributed by atoms with van der Waals surface area (Å²) in [5.41, 5.74) is 6.63. The van der Waals surface area contributed by atoms with Gasteiger partial charge in [0.25, 0.3) is 0 Å². The minimum absolute atomic E-state index is 0.352. The van der Waals surface area contributed by atoms with Crippen LogP contribution in [0.25, 0.3) is 0 Å². The zero-order valence-electron chi connectivity index (χ0n) is 10.8. The summed E-state index contributed by atoms with van der Waals surface area (Å²) in [6, 6.07) is 7.74. The predicted molar refractivity (Wildman–Crippen MR) is 72.4 cm³/mol. The van der Waals surface area contributed by atoms with Crippen molar-refractivity contribution in [3.05, 3.63) is 29.8 Å². The van der Waals surface area contributed by atoms with Gasteiger partial charge in [0.1, 0.15) is 12.4 Å². The third-order valence-electron chi connectivity index (χ3n) is 3.66. The van der Waals surface area contributed by atoms with Crippen molar-refractivity contribution in [2.75, 3.05) is 6.61 Å². The maximum absolute atomic E-state index is 9.95. The molecule has 1 saturated carbocycles. The smallest absolute Gasteiger partial charge is 0.119 e. The number of aliphatic hydroxyl groups is 1. The average molecular weight is 249 g/mol. The van der Waals surface area contributed by atoms with Crippen LogP contribution in [0.2, 0.25) is 0 Å². The topological polar surface area (TPSA) is 55.5 Å². The summed E-state index contributed by atoms with van der Waals surface area (Å²) < 4.78 is 5.62. The van der Waals surface area contributed by atoms with Crippen LogP contribution in [0.4, 0.5) is 0 Å². The molecule has 1 fully saturated rings. The molecule has 3 heteroatoms. The van der Waals surface area contributed by atoms with Crippen molar-refractivity contribution in [2.45, 2.75) is 44.8 Å². The van der Waals surface area contributed by atoms with E-state index >= 15 is 0 Å². The van der Waals surface area contributed by atoms with Crippen LogP contribution in [0.3, 0.4) is 0 Å². The number of nitrogens with two attached hydrogens (primary N) is 1. The third-order valence-corrected chi connectivity index (χ3v) is 3.66. The second-order valence-electron chi connectivity index (χ2n) is 5.20. The van der Waals surface area contributed by atoms with Gasteiger partial charge in [0, 0.05) is 6.54 Å². The maximum atomic E-state index is 9.95. The van der Waals surface area contributed by atoms with Crippen LogP contribution < -0.4 is 10.5 Å². The number of hydrogen-bond acceptors (Lipinski definition) is 3. The quantitative estimate of drug-likeness (QED) is 0.814. The first-order valence-electron chi connectivity index (χ1n) is 6.88. The molecule has 0 amide bonds. The summed E-state index contributed by atoms with van der Waals surface area (Å²) in [6.45, 7) is 0.895. The van der Waals surface area contributed by atoms with E-state index in [4.69, 9.17) is 10.5 Å². The van der Waals surface area contributed by atoms with Crippen molar-refractivity contribution >= 4 is 0 Å². The van der Waals surface area contributed by atoms with Gasteiger partial charge in [-0.2, -0.15) is 0 Å². The molecule has 1 aliphatic rings. The fourth-order valence-electron chi connectivity index (χ4n) is 2.65. The van der Waals surface area contributed by atoms with E-state index < -0.39 is 0 Å². The highest BCUT2D eigenvalue weighted by Gasteiger charge is 2.19. The fourth-order valence-corrected chi connectivity index (χ4v) is 2.65. The first-order valence-corrected chi connectivity index (χ1v) is 6.88. The number of rotatable bonds is 6. The highest BCUT2D eigenvalue weighted by Crippen LogP contribution is 2.28. The SMILES string of the molecule is NCc1cccc(OCC(O)CC2CCCC2)c1. The Morgan fingerprint density at radius 1 is 1.33 bits per heavy atom. The minimum atomic E-state index is -0.352. The van der Waals surface area contributed by atoms with E-state index in [9.17, 15) is 5.11 Å². The molecule has 18 heavy (non-hydrogen) atoms. The Kier molecular flexibility index (Phi) is 5.02. The summed E-state index contributed by atoms with van der Waals surface area (Å²) in [6.07, 6.45) is 5.68. The molecule has 2 rings (SSSR count). The normalized spacial score (nSPS) is 17.9. The van der Waals surface area contributed by atoms with E-state index in [2.05, 4.69) is 0 Å². The second kappa shape index (κ2) is 6.76. The summed E-state index contributed by atoms with van der Waals surface area (Å²) in [7, 11) is 0. The molecule has 1 aromatic carbocycles. The lowest BCUT2D eigenvalue weighted by atomic mass is 10.0. The zero-order chi connectivity index (χ0) is 12.8. The molecule has 0 heterocycles. The molecule has 0 aliphatic heterocycles. The van der Waals surface area contributed by atoms with Gasteiger partial charge in [0.15, 0.2) is 0 Å². The van der Waals surface area contributed by atoms with Crippen LogP contribution in [0.1, 0.15) is 37.7 Å². The number of benzene rings is 1. The van der Waals surface area contributed by atoms with Gasteiger partial charge >= 0.3 is 0 Å². The van der Waals surface area contributed by atoms with Gasteiger partial charge in [-0.3, -0.25) is 0 Å². The molecule has 100 valence electrons. The van der Waals surface area contributed by atoms with E-state index in [1.807, 2.05) is 24.3 Å². The minimum Gasteiger partial charge on any atom is -0.491 e. The van der Waals surface area contributed by atoms with Gasteiger partial charge in [-0.05, 0) is 30.0 Å². The zero-order valence-corrected chi connectivity index (χ0v) is 10.8. The van der Waals surface area contributed by atoms with E-state index in [0.29, 0.717) is 19.1 Å². The second-order valence-corrected chi connectivity index (χ2v) is 5.20. The Hall–Kier alpha value is -1.06. The molecule has 1 atom stereocenters. The molecule has 0 spiro atoms. The van der Waals surface area contributed by atoms with Crippen LogP contribution in [-0.4, -0.2) is 17.8 Å². The number of aliphatic hydroxyl groups excluding tert-OH is 1. The highest BCUT2D eigenvalue weighted by atomic mass is 16.5. The Bertz CT molecular complexity index is 361. The molecule has 0 saturated heterocycles. The van der Waals surface area contributed by atoms with Crippen LogP contribution in [0, 0.1) is 5.92 Å². The van der Waals surface area contributed by atoms with Crippen molar-refractivity contribution in [1.82, 2.24) is 0 Å². The van der Waals surface area contributed by atoms with E-state index in [0.717, 1.165) is 17.7 Å². The lowest BCUT2D eigenvalue weighted by Gasteiger charge is -2.16. The molecule has 0 bridgehead atoms. The van der Waals surface area contributed by atoms with Crippen LogP contribution >= 0.6 is 0 Å². The highest BCUT2D eigenvalue weighted by molar-refractivity contribution is 5.28. The van der Waals surface area contributed by atoms with E-state index in [1.54, 1.807) is 0 Å². The molecular weight excluding hydrogens is 226 g/mol. The molecule has 0 radical (unpaired) electrons.